The van der Waals surface area contributed by atoms with Gasteiger partial charge in [0.1, 0.15) is 11.6 Å². The summed E-state index contributed by atoms with van der Waals surface area (Å²) in [6.45, 7) is 4.88. The van der Waals surface area contributed by atoms with Crippen LogP contribution in [0, 0.1) is 0 Å². The Morgan fingerprint density at radius 3 is 1.73 bits per heavy atom. The Balaban J connectivity index is 1.92. The number of carboxylic acids is 1. The smallest absolute Gasteiger partial charge is 0.408 e. The molecule has 0 bridgehead atoms. The summed E-state index contributed by atoms with van der Waals surface area (Å²) in [6, 6.07) is 16.2. The van der Waals surface area contributed by atoms with Crippen LogP contribution < -0.4 is 5.32 Å². The molecule has 13 heteroatoms. The normalized spacial score (nSPS) is 12.4. The van der Waals surface area contributed by atoms with Crippen LogP contribution in [0.5, 0.6) is 0 Å². The minimum Gasteiger partial charge on any atom is -0.480 e. The lowest BCUT2D eigenvalue weighted by Crippen LogP contribution is -2.43. The molecule has 0 aliphatic rings. The first kappa shape index (κ1) is 34.6. The number of hydrogen-bond donors (Lipinski definition) is 2. The molecule has 0 fully saturated rings. The molecule has 2 N–H and O–H groups in total. The van der Waals surface area contributed by atoms with Gasteiger partial charge in [-0.15, -0.1) is 0 Å². The van der Waals surface area contributed by atoms with E-state index in [9.17, 15) is 28.8 Å². The van der Waals surface area contributed by atoms with E-state index in [1.807, 2.05) is 12.1 Å². The van der Waals surface area contributed by atoms with Crippen molar-refractivity contribution in [3.8, 4) is 0 Å². The second-order valence-corrected chi connectivity index (χ2v) is 14.0. The predicted octanol–water partition coefficient (Wildman–Crippen LogP) is 6.12. The quantitative estimate of drug-likeness (QED) is 0.164. The van der Waals surface area contributed by atoms with Gasteiger partial charge in [-0.2, -0.15) is 0 Å². The van der Waals surface area contributed by atoms with Gasteiger partial charge >= 0.3 is 19.7 Å². The maximum Gasteiger partial charge on any atom is 0.408 e. The summed E-state index contributed by atoms with van der Waals surface area (Å²) < 4.78 is 29.8. The lowest BCUT2D eigenvalue weighted by molar-refractivity contribution is -0.139. The van der Waals surface area contributed by atoms with E-state index in [2.05, 4.69) is 5.32 Å². The number of hydrogen-bond acceptors (Lipinski definition) is 10. The summed E-state index contributed by atoms with van der Waals surface area (Å²) in [5.41, 5.74) is 0.271. The van der Waals surface area contributed by atoms with E-state index >= 15 is 0 Å². The first-order valence-corrected chi connectivity index (χ1v) is 16.6. The van der Waals surface area contributed by atoms with Gasteiger partial charge in [0.25, 0.3) is 0 Å². The summed E-state index contributed by atoms with van der Waals surface area (Å²) in [5.74, 6) is -0.820. The second-order valence-electron chi connectivity index (χ2n) is 9.68. The van der Waals surface area contributed by atoms with E-state index in [1.165, 1.54) is 0 Å². The highest BCUT2D eigenvalue weighted by Crippen LogP contribution is 2.49. The maximum atomic E-state index is 13.5. The van der Waals surface area contributed by atoms with E-state index in [-0.39, 0.29) is 54.0 Å². The highest BCUT2D eigenvalue weighted by molar-refractivity contribution is 8.14. The first-order valence-electron chi connectivity index (χ1n) is 12.9. The molecule has 0 spiro atoms. The zero-order valence-electron chi connectivity index (χ0n) is 23.3. The van der Waals surface area contributed by atoms with Gasteiger partial charge < -0.3 is 24.2 Å². The van der Waals surface area contributed by atoms with Crippen LogP contribution in [0.25, 0.3) is 0 Å². The fraction of sp³-hybridized carbons (Fsp3) is 0.429. The van der Waals surface area contributed by atoms with E-state index < -0.39 is 31.3 Å². The Kier molecular flexibility index (Phi) is 14.6. The molecule has 1 unspecified atom stereocenters. The number of carbonyl (C=O) groups excluding carboxylic acids is 3. The molecule has 1 atom stereocenters. The SMILES string of the molecule is CC(C)(C)OC(=O)NC(CCCP(=O)(OCCSC(=O)c1ccccc1)OCCSC(=O)c1ccccc1)C(=O)O. The average molecular weight is 626 g/mol. The monoisotopic (exact) mass is 625 g/mol. The third-order valence-corrected chi connectivity index (χ3v) is 8.90. The van der Waals surface area contributed by atoms with Crippen LogP contribution in [0.15, 0.2) is 60.7 Å². The van der Waals surface area contributed by atoms with E-state index in [1.54, 1.807) is 69.3 Å². The van der Waals surface area contributed by atoms with Crippen LogP contribution in [0.4, 0.5) is 4.79 Å². The van der Waals surface area contributed by atoms with Crippen LogP contribution in [-0.2, 0) is 23.1 Å². The largest absolute Gasteiger partial charge is 0.480 e. The maximum absolute atomic E-state index is 13.5. The van der Waals surface area contributed by atoms with Gasteiger partial charge in [0, 0.05) is 22.6 Å². The zero-order valence-corrected chi connectivity index (χ0v) is 25.8. The van der Waals surface area contributed by atoms with Crippen molar-refractivity contribution in [3.05, 3.63) is 71.8 Å². The topological polar surface area (TPSA) is 145 Å². The number of alkyl carbamates (subject to hydrolysis) is 1. The number of amides is 1. The Morgan fingerprint density at radius 2 is 1.32 bits per heavy atom. The Bertz CT molecular complexity index is 1130. The fourth-order valence-electron chi connectivity index (χ4n) is 3.30. The Morgan fingerprint density at radius 1 is 0.854 bits per heavy atom. The van der Waals surface area contributed by atoms with E-state index in [0.29, 0.717) is 11.1 Å². The van der Waals surface area contributed by atoms with Crippen molar-refractivity contribution in [1.82, 2.24) is 5.32 Å². The Labute approximate surface area is 248 Å². The molecule has 41 heavy (non-hydrogen) atoms. The van der Waals surface area contributed by atoms with Gasteiger partial charge in [-0.25, -0.2) is 9.59 Å². The van der Waals surface area contributed by atoms with Crippen molar-refractivity contribution in [2.45, 2.75) is 45.3 Å². The van der Waals surface area contributed by atoms with E-state index in [0.717, 1.165) is 23.5 Å². The summed E-state index contributed by atoms with van der Waals surface area (Å²) in [6.07, 6.45) is -0.952. The molecule has 0 heterocycles. The number of ether oxygens (including phenoxy) is 1. The lowest BCUT2D eigenvalue weighted by atomic mass is 10.2. The van der Waals surface area contributed by atoms with Crippen molar-refractivity contribution in [3.63, 3.8) is 0 Å². The summed E-state index contributed by atoms with van der Waals surface area (Å²) in [4.78, 5) is 48.3. The van der Waals surface area contributed by atoms with Crippen molar-refractivity contribution in [2.24, 2.45) is 0 Å². The first-order chi connectivity index (χ1) is 19.4. The molecule has 0 saturated carbocycles. The average Bonchev–Trinajstić information content (AvgIpc) is 2.92. The standard InChI is InChI=1S/C28H36NO9PS2/c1-28(2,3)38-27(34)29-23(24(30)31)15-10-18-39(35,36-16-19-40-25(32)21-11-6-4-7-12-21)37-17-20-41-26(33)22-13-8-5-9-14-22/h4-9,11-14,23H,10,15-20H2,1-3H3,(H,29,34)(H,30,31). The molecule has 2 aromatic carbocycles. The molecule has 0 radical (unpaired) electrons. The number of aliphatic carboxylic acids is 1. The molecule has 0 aliphatic carbocycles. The van der Waals surface area contributed by atoms with Crippen molar-refractivity contribution in [2.75, 3.05) is 30.9 Å². The molecule has 0 saturated heterocycles. The van der Waals surface area contributed by atoms with Gasteiger partial charge in [-0.05, 0) is 33.6 Å². The highest BCUT2D eigenvalue weighted by atomic mass is 32.2. The van der Waals surface area contributed by atoms with Crippen LogP contribution in [-0.4, -0.2) is 69.9 Å². The van der Waals surface area contributed by atoms with Gasteiger partial charge in [-0.3, -0.25) is 14.2 Å². The van der Waals surface area contributed by atoms with E-state index in [4.69, 9.17) is 13.8 Å². The van der Waals surface area contributed by atoms with Gasteiger partial charge in [0.2, 0.25) is 10.2 Å². The summed E-state index contributed by atoms with van der Waals surface area (Å²) in [7, 11) is -3.72. The number of thioether (sulfide) groups is 2. The molecular formula is C28H36NO9PS2. The molecule has 0 aromatic heterocycles. The summed E-state index contributed by atoms with van der Waals surface area (Å²) >= 11 is 2.03. The number of nitrogens with one attached hydrogen (secondary N) is 1. The minimum absolute atomic E-state index is 0.0465. The molecule has 224 valence electrons. The number of benzene rings is 2. The highest BCUT2D eigenvalue weighted by Gasteiger charge is 2.28. The molecule has 0 aliphatic heterocycles. The molecule has 2 rings (SSSR count). The van der Waals surface area contributed by atoms with Gasteiger partial charge in [0.15, 0.2) is 0 Å². The molecule has 1 amide bonds. The van der Waals surface area contributed by atoms with Crippen molar-refractivity contribution in [1.29, 1.82) is 0 Å². The third kappa shape index (κ3) is 14.2. The summed E-state index contributed by atoms with van der Waals surface area (Å²) in [5, 5.41) is 11.5. The van der Waals surface area contributed by atoms with Crippen LogP contribution >= 0.6 is 31.1 Å². The molecular weight excluding hydrogens is 589 g/mol. The van der Waals surface area contributed by atoms with Crippen molar-refractivity contribution < 1.29 is 42.6 Å². The Hall–Kier alpha value is -2.63. The van der Waals surface area contributed by atoms with Crippen LogP contribution in [0.2, 0.25) is 0 Å². The fourth-order valence-corrected chi connectivity index (χ4v) is 6.50. The second kappa shape index (κ2) is 17.4. The number of rotatable bonds is 16. The predicted molar refractivity (Wildman–Crippen MR) is 161 cm³/mol. The molecule has 10 nitrogen and oxygen atoms in total. The van der Waals surface area contributed by atoms with Gasteiger partial charge in [0.05, 0.1) is 19.4 Å². The lowest BCUT2D eigenvalue weighted by Gasteiger charge is -2.22. The number of carbonyl (C=O) groups is 4. The third-order valence-electron chi connectivity index (χ3n) is 5.14. The van der Waals surface area contributed by atoms with Crippen LogP contribution in [0.1, 0.15) is 54.3 Å². The number of carboxylic acid groups (broad SMARTS) is 1. The zero-order chi connectivity index (χ0) is 30.3. The minimum atomic E-state index is -3.72. The van der Waals surface area contributed by atoms with Crippen LogP contribution in [0.3, 0.4) is 0 Å². The molecule has 2 aromatic rings. The van der Waals surface area contributed by atoms with Crippen molar-refractivity contribution >= 4 is 53.4 Å². The van der Waals surface area contributed by atoms with Gasteiger partial charge in [-0.1, -0.05) is 84.2 Å².